The van der Waals surface area contributed by atoms with Crippen LogP contribution in [0, 0.1) is 12.8 Å². The zero-order valence-corrected chi connectivity index (χ0v) is 12.5. The third-order valence-corrected chi connectivity index (χ3v) is 4.06. The number of hydrogen-bond donors (Lipinski definition) is 0. The number of carbonyl (C=O) groups is 1. The highest BCUT2D eigenvalue weighted by atomic mass is 16.5. The van der Waals surface area contributed by atoms with Gasteiger partial charge in [-0.15, -0.1) is 0 Å². The van der Waals surface area contributed by atoms with Gasteiger partial charge in [-0.25, -0.2) is 0 Å². The molecule has 0 spiro atoms. The van der Waals surface area contributed by atoms with Crippen LogP contribution in [-0.2, 0) is 11.3 Å². The van der Waals surface area contributed by atoms with Crippen molar-refractivity contribution in [2.75, 3.05) is 27.3 Å². The number of piperidine rings is 1. The van der Waals surface area contributed by atoms with Gasteiger partial charge < -0.3 is 14.3 Å². The molecule has 1 fully saturated rings. The number of benzene rings is 1. The van der Waals surface area contributed by atoms with E-state index >= 15 is 0 Å². The van der Waals surface area contributed by atoms with Gasteiger partial charge in [0.1, 0.15) is 6.29 Å². The molecule has 0 aromatic heterocycles. The zero-order valence-electron chi connectivity index (χ0n) is 12.5. The lowest BCUT2D eigenvalue weighted by molar-refractivity contribution is -0.112. The highest BCUT2D eigenvalue weighted by Gasteiger charge is 2.19. The van der Waals surface area contributed by atoms with Gasteiger partial charge in [-0.2, -0.15) is 0 Å². The molecule has 20 heavy (non-hydrogen) atoms. The minimum atomic E-state index is 0.248. The lowest BCUT2D eigenvalue weighted by Gasteiger charge is -2.30. The molecular weight excluding hydrogens is 254 g/mol. The molecule has 1 aliphatic rings. The first-order valence-electron chi connectivity index (χ1n) is 7.07. The van der Waals surface area contributed by atoms with Crippen molar-refractivity contribution in [2.45, 2.75) is 26.3 Å². The topological polar surface area (TPSA) is 38.8 Å². The average molecular weight is 277 g/mol. The highest BCUT2D eigenvalue weighted by Crippen LogP contribution is 2.31. The Kier molecular flexibility index (Phi) is 5.01. The van der Waals surface area contributed by atoms with E-state index in [0.29, 0.717) is 0 Å². The predicted molar refractivity (Wildman–Crippen MR) is 78.3 cm³/mol. The molecule has 0 bridgehead atoms. The van der Waals surface area contributed by atoms with Crippen molar-refractivity contribution in [3.63, 3.8) is 0 Å². The highest BCUT2D eigenvalue weighted by molar-refractivity contribution is 5.53. The molecular formula is C16H23NO3. The lowest BCUT2D eigenvalue weighted by Crippen LogP contribution is -2.33. The first-order chi connectivity index (χ1) is 9.67. The number of rotatable bonds is 5. The Morgan fingerprint density at radius 1 is 1.20 bits per heavy atom. The Morgan fingerprint density at radius 2 is 1.80 bits per heavy atom. The molecule has 0 radical (unpaired) electrons. The molecule has 4 heteroatoms. The lowest BCUT2D eigenvalue weighted by atomic mass is 9.97. The number of aryl methyl sites for hydroxylation is 1. The molecule has 1 aliphatic heterocycles. The smallest absolute Gasteiger partial charge is 0.161 e. The average Bonchev–Trinajstić information content (AvgIpc) is 2.49. The molecule has 1 aromatic rings. The Bertz CT molecular complexity index is 465. The van der Waals surface area contributed by atoms with Crippen LogP contribution in [0.15, 0.2) is 12.1 Å². The molecule has 2 rings (SSSR count). The number of ether oxygens (including phenoxy) is 2. The van der Waals surface area contributed by atoms with Crippen molar-refractivity contribution < 1.29 is 14.3 Å². The molecule has 0 saturated carbocycles. The summed E-state index contributed by atoms with van der Waals surface area (Å²) in [5, 5.41) is 0. The molecule has 0 unspecified atom stereocenters. The summed E-state index contributed by atoms with van der Waals surface area (Å²) in [6.45, 7) is 4.96. The van der Waals surface area contributed by atoms with Crippen LogP contribution in [0.25, 0.3) is 0 Å². The van der Waals surface area contributed by atoms with Crippen LogP contribution in [0.1, 0.15) is 24.0 Å². The first kappa shape index (κ1) is 14.9. The van der Waals surface area contributed by atoms with Crippen LogP contribution in [0.2, 0.25) is 0 Å². The zero-order chi connectivity index (χ0) is 14.5. The molecule has 1 aromatic carbocycles. The van der Waals surface area contributed by atoms with E-state index in [9.17, 15) is 4.79 Å². The number of hydrogen-bond acceptors (Lipinski definition) is 4. The standard InChI is InChI=1S/C16H23NO3/c1-12-8-15(19-2)16(20-3)9-14(12)10-17-6-4-13(11-18)5-7-17/h8-9,11,13H,4-7,10H2,1-3H3. The third kappa shape index (κ3) is 3.31. The van der Waals surface area contributed by atoms with Crippen molar-refractivity contribution in [3.05, 3.63) is 23.3 Å². The summed E-state index contributed by atoms with van der Waals surface area (Å²) in [6.07, 6.45) is 3.03. The van der Waals surface area contributed by atoms with Gasteiger partial charge in [0, 0.05) is 12.5 Å². The first-order valence-corrected chi connectivity index (χ1v) is 7.07. The van der Waals surface area contributed by atoms with Gasteiger partial charge in [-0.3, -0.25) is 4.90 Å². The summed E-state index contributed by atoms with van der Waals surface area (Å²) in [5.41, 5.74) is 2.47. The van der Waals surface area contributed by atoms with Crippen molar-refractivity contribution in [3.8, 4) is 11.5 Å². The minimum absolute atomic E-state index is 0.248. The van der Waals surface area contributed by atoms with E-state index < -0.39 is 0 Å². The Hall–Kier alpha value is -1.55. The summed E-state index contributed by atoms with van der Waals surface area (Å²) in [4.78, 5) is 13.2. The number of methoxy groups -OCH3 is 2. The fourth-order valence-corrected chi connectivity index (χ4v) is 2.68. The normalized spacial score (nSPS) is 16.9. The number of carbonyl (C=O) groups excluding carboxylic acids is 1. The molecule has 0 aliphatic carbocycles. The molecule has 1 heterocycles. The Morgan fingerprint density at radius 3 is 2.35 bits per heavy atom. The van der Waals surface area contributed by atoms with E-state index in [1.54, 1.807) is 14.2 Å². The van der Waals surface area contributed by atoms with Crippen molar-refractivity contribution >= 4 is 6.29 Å². The number of aldehydes is 1. The Labute approximate surface area is 120 Å². The molecule has 0 atom stereocenters. The van der Waals surface area contributed by atoms with E-state index in [1.165, 1.54) is 11.1 Å². The number of nitrogens with zero attached hydrogens (tertiary/aromatic N) is 1. The second-order valence-electron chi connectivity index (χ2n) is 5.38. The van der Waals surface area contributed by atoms with E-state index in [4.69, 9.17) is 9.47 Å². The van der Waals surface area contributed by atoms with E-state index in [1.807, 2.05) is 6.07 Å². The molecule has 4 nitrogen and oxygen atoms in total. The molecule has 1 saturated heterocycles. The number of likely N-dealkylation sites (tertiary alicyclic amines) is 1. The molecule has 0 N–H and O–H groups in total. The van der Waals surface area contributed by atoms with E-state index in [0.717, 1.165) is 50.3 Å². The largest absolute Gasteiger partial charge is 0.493 e. The predicted octanol–water partition coefficient (Wildman–Crippen LogP) is 2.42. The van der Waals surface area contributed by atoms with E-state index in [-0.39, 0.29) is 5.92 Å². The van der Waals surface area contributed by atoms with E-state index in [2.05, 4.69) is 17.9 Å². The van der Waals surface area contributed by atoms with Gasteiger partial charge in [0.25, 0.3) is 0 Å². The SMILES string of the molecule is COc1cc(C)c(CN2CCC(C=O)CC2)cc1OC. The van der Waals surface area contributed by atoms with Crippen LogP contribution in [-0.4, -0.2) is 38.5 Å². The summed E-state index contributed by atoms with van der Waals surface area (Å²) in [6, 6.07) is 4.08. The Balaban J connectivity index is 2.08. The van der Waals surface area contributed by atoms with Crippen LogP contribution in [0.4, 0.5) is 0 Å². The van der Waals surface area contributed by atoms with Gasteiger partial charge >= 0.3 is 0 Å². The summed E-state index contributed by atoms with van der Waals surface area (Å²) in [5.74, 6) is 1.79. The van der Waals surface area contributed by atoms with Crippen LogP contribution in [0.3, 0.4) is 0 Å². The maximum absolute atomic E-state index is 10.8. The quantitative estimate of drug-likeness (QED) is 0.775. The van der Waals surface area contributed by atoms with Crippen LogP contribution < -0.4 is 9.47 Å². The van der Waals surface area contributed by atoms with Crippen molar-refractivity contribution in [1.82, 2.24) is 4.90 Å². The third-order valence-electron chi connectivity index (χ3n) is 4.06. The van der Waals surface area contributed by atoms with Gasteiger partial charge in [0.15, 0.2) is 11.5 Å². The summed E-state index contributed by atoms with van der Waals surface area (Å²) < 4.78 is 10.7. The van der Waals surface area contributed by atoms with Gasteiger partial charge in [-0.05, 0) is 56.1 Å². The molecule has 110 valence electrons. The second kappa shape index (κ2) is 6.75. The van der Waals surface area contributed by atoms with Crippen molar-refractivity contribution in [1.29, 1.82) is 0 Å². The van der Waals surface area contributed by atoms with Crippen molar-refractivity contribution in [2.24, 2.45) is 5.92 Å². The summed E-state index contributed by atoms with van der Waals surface area (Å²) in [7, 11) is 3.31. The van der Waals surface area contributed by atoms with Gasteiger partial charge in [0.05, 0.1) is 14.2 Å². The monoisotopic (exact) mass is 277 g/mol. The fourth-order valence-electron chi connectivity index (χ4n) is 2.68. The second-order valence-corrected chi connectivity index (χ2v) is 5.38. The summed E-state index contributed by atoms with van der Waals surface area (Å²) >= 11 is 0. The van der Waals surface area contributed by atoms with Crippen LogP contribution >= 0.6 is 0 Å². The molecule has 0 amide bonds. The van der Waals surface area contributed by atoms with Crippen LogP contribution in [0.5, 0.6) is 11.5 Å². The maximum atomic E-state index is 10.8. The fraction of sp³-hybridized carbons (Fsp3) is 0.562. The van der Waals surface area contributed by atoms with Gasteiger partial charge in [0.2, 0.25) is 0 Å². The maximum Gasteiger partial charge on any atom is 0.161 e. The van der Waals surface area contributed by atoms with Gasteiger partial charge in [-0.1, -0.05) is 0 Å². The minimum Gasteiger partial charge on any atom is -0.493 e.